The van der Waals surface area contributed by atoms with Crippen LogP contribution in [-0.4, -0.2) is 20.2 Å². The lowest BCUT2D eigenvalue weighted by Gasteiger charge is -2.22. The molecule has 0 radical (unpaired) electrons. The largest absolute Gasteiger partial charge is 0.260 e. The molecule has 4 rings (SSSR count). The SMILES string of the molecule is c1ccc(N(c2ccccn2)c2nncc3ccccc23)nc1. The zero-order chi connectivity index (χ0) is 15.5. The Balaban J connectivity index is 1.98. The number of anilines is 3. The molecule has 0 amide bonds. The summed E-state index contributed by atoms with van der Waals surface area (Å²) in [6.07, 6.45) is 5.27. The van der Waals surface area contributed by atoms with E-state index in [0.29, 0.717) is 5.82 Å². The van der Waals surface area contributed by atoms with Crippen LogP contribution in [-0.2, 0) is 0 Å². The Morgan fingerprint density at radius 1 is 0.696 bits per heavy atom. The van der Waals surface area contributed by atoms with Crippen LogP contribution in [0, 0.1) is 0 Å². The summed E-state index contributed by atoms with van der Waals surface area (Å²) in [5.74, 6) is 2.20. The lowest BCUT2D eigenvalue weighted by molar-refractivity contribution is 1.000. The van der Waals surface area contributed by atoms with Crippen LogP contribution in [0.3, 0.4) is 0 Å². The van der Waals surface area contributed by atoms with Gasteiger partial charge in [-0.2, -0.15) is 5.10 Å². The lowest BCUT2D eigenvalue weighted by atomic mass is 10.2. The molecule has 0 bridgehead atoms. The molecule has 0 aliphatic carbocycles. The van der Waals surface area contributed by atoms with Gasteiger partial charge in [0.05, 0.1) is 6.20 Å². The fourth-order valence-electron chi connectivity index (χ4n) is 2.48. The van der Waals surface area contributed by atoms with Crippen molar-refractivity contribution in [3.8, 4) is 0 Å². The monoisotopic (exact) mass is 299 g/mol. The number of hydrogen-bond acceptors (Lipinski definition) is 5. The van der Waals surface area contributed by atoms with Crippen molar-refractivity contribution in [3.05, 3.63) is 79.3 Å². The molecule has 3 aromatic heterocycles. The van der Waals surface area contributed by atoms with Gasteiger partial charge < -0.3 is 0 Å². The molecule has 0 spiro atoms. The molecule has 4 aromatic rings. The second-order valence-electron chi connectivity index (χ2n) is 4.97. The summed E-state index contributed by atoms with van der Waals surface area (Å²) in [4.78, 5) is 10.8. The van der Waals surface area contributed by atoms with E-state index in [-0.39, 0.29) is 0 Å². The minimum Gasteiger partial charge on any atom is -0.260 e. The van der Waals surface area contributed by atoms with Gasteiger partial charge in [-0.05, 0) is 24.3 Å². The maximum Gasteiger partial charge on any atom is 0.170 e. The van der Waals surface area contributed by atoms with E-state index in [1.54, 1.807) is 18.6 Å². The minimum atomic E-state index is 0.709. The van der Waals surface area contributed by atoms with Gasteiger partial charge in [0, 0.05) is 23.2 Å². The van der Waals surface area contributed by atoms with E-state index in [1.165, 1.54) is 0 Å². The summed E-state index contributed by atoms with van der Waals surface area (Å²) in [6.45, 7) is 0. The third kappa shape index (κ3) is 2.48. The smallest absolute Gasteiger partial charge is 0.170 e. The Morgan fingerprint density at radius 3 is 2.00 bits per heavy atom. The summed E-state index contributed by atoms with van der Waals surface area (Å²) < 4.78 is 0. The molecule has 3 heterocycles. The second-order valence-corrected chi connectivity index (χ2v) is 4.97. The van der Waals surface area contributed by atoms with E-state index in [0.717, 1.165) is 22.4 Å². The molecule has 5 heteroatoms. The van der Waals surface area contributed by atoms with E-state index >= 15 is 0 Å². The first kappa shape index (κ1) is 13.3. The molecule has 110 valence electrons. The van der Waals surface area contributed by atoms with Crippen molar-refractivity contribution in [2.75, 3.05) is 4.90 Å². The molecular weight excluding hydrogens is 286 g/mol. The number of hydrogen-bond donors (Lipinski definition) is 0. The Kier molecular flexibility index (Phi) is 3.37. The Hall–Kier alpha value is -3.34. The maximum atomic E-state index is 4.46. The van der Waals surface area contributed by atoms with Gasteiger partial charge >= 0.3 is 0 Å². The second kappa shape index (κ2) is 5.81. The molecule has 0 saturated heterocycles. The number of nitrogens with zero attached hydrogens (tertiary/aromatic N) is 5. The summed E-state index contributed by atoms with van der Waals surface area (Å²) in [5, 5.41) is 10.5. The summed E-state index contributed by atoms with van der Waals surface area (Å²) in [6, 6.07) is 19.5. The summed E-state index contributed by atoms with van der Waals surface area (Å²) in [7, 11) is 0. The Bertz CT molecular complexity index is 881. The average Bonchev–Trinajstić information content (AvgIpc) is 2.64. The molecule has 0 fully saturated rings. The van der Waals surface area contributed by atoms with Crippen molar-refractivity contribution in [1.29, 1.82) is 0 Å². The molecule has 5 nitrogen and oxygen atoms in total. The van der Waals surface area contributed by atoms with Crippen molar-refractivity contribution in [2.45, 2.75) is 0 Å². The van der Waals surface area contributed by atoms with Crippen molar-refractivity contribution in [3.63, 3.8) is 0 Å². The van der Waals surface area contributed by atoms with Crippen molar-refractivity contribution < 1.29 is 0 Å². The van der Waals surface area contributed by atoms with Gasteiger partial charge in [-0.25, -0.2) is 9.97 Å². The van der Waals surface area contributed by atoms with Crippen molar-refractivity contribution in [2.24, 2.45) is 0 Å². The molecule has 0 atom stereocenters. The third-order valence-electron chi connectivity index (χ3n) is 3.52. The highest BCUT2D eigenvalue weighted by Crippen LogP contribution is 2.33. The van der Waals surface area contributed by atoms with Crippen LogP contribution in [0.4, 0.5) is 17.5 Å². The summed E-state index contributed by atoms with van der Waals surface area (Å²) >= 11 is 0. The zero-order valence-corrected chi connectivity index (χ0v) is 12.2. The number of fused-ring (bicyclic) bond motifs is 1. The molecule has 0 aliphatic rings. The topological polar surface area (TPSA) is 54.8 Å². The Labute approximate surface area is 133 Å². The van der Waals surface area contributed by atoms with E-state index in [2.05, 4.69) is 20.2 Å². The van der Waals surface area contributed by atoms with Gasteiger partial charge in [0.2, 0.25) is 0 Å². The molecule has 0 saturated carbocycles. The number of rotatable bonds is 3. The minimum absolute atomic E-state index is 0.709. The van der Waals surface area contributed by atoms with Crippen LogP contribution >= 0.6 is 0 Å². The quantitative estimate of drug-likeness (QED) is 0.574. The first-order valence-electron chi connectivity index (χ1n) is 7.26. The van der Waals surface area contributed by atoms with Crippen LogP contribution in [0.1, 0.15) is 0 Å². The van der Waals surface area contributed by atoms with Crippen molar-refractivity contribution >= 4 is 28.2 Å². The van der Waals surface area contributed by atoms with Crippen LogP contribution in [0.15, 0.2) is 79.3 Å². The maximum absolute atomic E-state index is 4.46. The van der Waals surface area contributed by atoms with Gasteiger partial charge in [0.15, 0.2) is 5.82 Å². The molecule has 0 unspecified atom stereocenters. The molecule has 0 aliphatic heterocycles. The standard InChI is InChI=1S/C18H13N5/c1-2-8-15-14(7-1)13-21-22-18(15)23(16-9-3-5-11-19-16)17-10-4-6-12-20-17/h1-13H. The average molecular weight is 299 g/mol. The van der Waals surface area contributed by atoms with Gasteiger partial charge in [-0.1, -0.05) is 36.4 Å². The number of pyridine rings is 2. The van der Waals surface area contributed by atoms with E-state index in [1.807, 2.05) is 65.6 Å². The van der Waals surface area contributed by atoms with Crippen LogP contribution in [0.2, 0.25) is 0 Å². The first-order valence-corrected chi connectivity index (χ1v) is 7.26. The number of benzene rings is 1. The highest BCUT2D eigenvalue weighted by Gasteiger charge is 2.18. The number of aromatic nitrogens is 4. The zero-order valence-electron chi connectivity index (χ0n) is 12.2. The van der Waals surface area contributed by atoms with Gasteiger partial charge in [-0.3, -0.25) is 4.90 Å². The van der Waals surface area contributed by atoms with Gasteiger partial charge in [0.1, 0.15) is 11.6 Å². The summed E-state index contributed by atoms with van der Waals surface area (Å²) in [5.41, 5.74) is 0. The fourth-order valence-corrected chi connectivity index (χ4v) is 2.48. The molecular formula is C18H13N5. The predicted octanol–water partition coefficient (Wildman–Crippen LogP) is 3.89. The molecule has 0 N–H and O–H groups in total. The van der Waals surface area contributed by atoms with Crippen LogP contribution < -0.4 is 4.90 Å². The highest BCUT2D eigenvalue weighted by atomic mass is 15.3. The predicted molar refractivity (Wildman–Crippen MR) is 89.8 cm³/mol. The highest BCUT2D eigenvalue weighted by molar-refractivity contribution is 5.95. The van der Waals surface area contributed by atoms with Crippen molar-refractivity contribution in [1.82, 2.24) is 20.2 Å². The molecule has 23 heavy (non-hydrogen) atoms. The van der Waals surface area contributed by atoms with Gasteiger partial charge in [-0.15, -0.1) is 5.10 Å². The normalized spacial score (nSPS) is 10.6. The van der Waals surface area contributed by atoms with E-state index in [4.69, 9.17) is 0 Å². The van der Waals surface area contributed by atoms with Crippen LogP contribution in [0.5, 0.6) is 0 Å². The first-order chi connectivity index (χ1) is 11.4. The van der Waals surface area contributed by atoms with Crippen LogP contribution in [0.25, 0.3) is 10.8 Å². The van der Waals surface area contributed by atoms with E-state index in [9.17, 15) is 0 Å². The molecule has 1 aromatic carbocycles. The third-order valence-corrected chi connectivity index (χ3v) is 3.52. The lowest BCUT2D eigenvalue weighted by Crippen LogP contribution is -2.15. The Morgan fingerprint density at radius 2 is 1.35 bits per heavy atom. The fraction of sp³-hybridized carbons (Fsp3) is 0. The van der Waals surface area contributed by atoms with E-state index < -0.39 is 0 Å². The van der Waals surface area contributed by atoms with Gasteiger partial charge in [0.25, 0.3) is 0 Å².